The molecule has 3 rings (SSSR count). The number of aryl methyl sites for hydroxylation is 2. The third-order valence-corrected chi connectivity index (χ3v) is 4.43. The third kappa shape index (κ3) is 3.26. The number of hydrogen-bond donors (Lipinski definition) is 2. The van der Waals surface area contributed by atoms with Gasteiger partial charge in [0.05, 0.1) is 11.4 Å². The van der Waals surface area contributed by atoms with Gasteiger partial charge in [-0.25, -0.2) is 9.48 Å². The van der Waals surface area contributed by atoms with Gasteiger partial charge in [0.2, 0.25) is 0 Å². The number of carbonyl (C=O) groups excluding carboxylic acids is 1. The van der Waals surface area contributed by atoms with Gasteiger partial charge in [-0.2, -0.15) is 0 Å². The second kappa shape index (κ2) is 6.92. The average Bonchev–Trinajstić information content (AvgIpc) is 2.82. The Bertz CT molecular complexity index is 1020. The molecule has 1 aromatic heterocycles. The molecule has 0 radical (unpaired) electrons. The van der Waals surface area contributed by atoms with Crippen molar-refractivity contribution >= 4 is 17.4 Å². The summed E-state index contributed by atoms with van der Waals surface area (Å²) in [6.07, 6.45) is 0. The predicted molar refractivity (Wildman–Crippen MR) is 104 cm³/mol. The summed E-state index contributed by atoms with van der Waals surface area (Å²) in [5.41, 5.74) is 4.14. The second-order valence-corrected chi connectivity index (χ2v) is 6.33. The fourth-order valence-electron chi connectivity index (χ4n) is 2.85. The zero-order valence-corrected chi connectivity index (χ0v) is 15.3. The second-order valence-electron chi connectivity index (χ2n) is 6.33. The van der Waals surface area contributed by atoms with Crippen LogP contribution in [0.1, 0.15) is 16.8 Å². The van der Waals surface area contributed by atoms with E-state index in [2.05, 4.69) is 10.6 Å². The minimum absolute atomic E-state index is 0.263. The van der Waals surface area contributed by atoms with Crippen molar-refractivity contribution in [2.75, 3.05) is 10.6 Å². The molecule has 0 atom stereocenters. The number of nitrogens with one attached hydrogen (secondary N) is 2. The van der Waals surface area contributed by atoms with E-state index in [1.165, 1.54) is 4.68 Å². The van der Waals surface area contributed by atoms with E-state index in [1.54, 1.807) is 18.7 Å². The molecule has 0 spiro atoms. The summed E-state index contributed by atoms with van der Waals surface area (Å²) in [6, 6.07) is 14.7. The molecule has 0 aliphatic carbocycles. The summed E-state index contributed by atoms with van der Waals surface area (Å²) in [5, 5.41) is 5.52. The van der Waals surface area contributed by atoms with Crippen molar-refractivity contribution in [2.24, 2.45) is 7.05 Å². The van der Waals surface area contributed by atoms with Gasteiger partial charge in [-0.1, -0.05) is 30.3 Å². The molecule has 134 valence electrons. The monoisotopic (exact) mass is 350 g/mol. The van der Waals surface area contributed by atoms with Gasteiger partial charge in [0, 0.05) is 12.7 Å². The molecule has 26 heavy (non-hydrogen) atoms. The van der Waals surface area contributed by atoms with Gasteiger partial charge >= 0.3 is 6.03 Å². The number of hydrogen-bond acceptors (Lipinski definition) is 2. The summed E-state index contributed by atoms with van der Waals surface area (Å²) in [7, 11) is 1.79. The molecule has 1 heterocycles. The maximum absolute atomic E-state index is 12.8. The first-order chi connectivity index (χ1) is 12.4. The summed E-state index contributed by atoms with van der Waals surface area (Å²) >= 11 is 0. The van der Waals surface area contributed by atoms with Crippen LogP contribution in [0.4, 0.5) is 16.2 Å². The van der Waals surface area contributed by atoms with E-state index in [9.17, 15) is 9.59 Å². The zero-order chi connectivity index (χ0) is 18.8. The molecule has 0 unspecified atom stereocenters. The fraction of sp³-hybridized carbons (Fsp3) is 0.200. The highest BCUT2D eigenvalue weighted by atomic mass is 16.2. The number of urea groups is 1. The predicted octanol–water partition coefficient (Wildman–Crippen LogP) is 3.75. The van der Waals surface area contributed by atoms with Crippen LogP contribution < -0.4 is 16.2 Å². The lowest BCUT2D eigenvalue weighted by Gasteiger charge is -2.10. The number of aromatic nitrogens is 2. The van der Waals surface area contributed by atoms with Crippen LogP contribution in [0.2, 0.25) is 0 Å². The van der Waals surface area contributed by atoms with Crippen molar-refractivity contribution in [3.8, 4) is 5.69 Å². The normalized spacial score (nSPS) is 10.6. The minimum Gasteiger partial charge on any atom is -0.307 e. The van der Waals surface area contributed by atoms with Crippen molar-refractivity contribution < 1.29 is 4.79 Å². The van der Waals surface area contributed by atoms with Crippen LogP contribution >= 0.6 is 0 Å². The van der Waals surface area contributed by atoms with E-state index < -0.39 is 6.03 Å². The van der Waals surface area contributed by atoms with Crippen LogP contribution in [0, 0.1) is 20.8 Å². The molecule has 3 aromatic rings. The fourth-order valence-corrected chi connectivity index (χ4v) is 2.85. The van der Waals surface area contributed by atoms with E-state index in [0.717, 1.165) is 22.5 Å². The number of amides is 2. The number of anilines is 2. The van der Waals surface area contributed by atoms with Crippen molar-refractivity contribution in [1.82, 2.24) is 9.36 Å². The molecule has 2 aromatic carbocycles. The van der Waals surface area contributed by atoms with Gasteiger partial charge in [0.15, 0.2) is 0 Å². The molecule has 0 aliphatic heterocycles. The Morgan fingerprint density at radius 2 is 1.65 bits per heavy atom. The van der Waals surface area contributed by atoms with Crippen LogP contribution in [-0.4, -0.2) is 15.4 Å². The van der Waals surface area contributed by atoms with Gasteiger partial charge in [-0.3, -0.25) is 9.48 Å². The van der Waals surface area contributed by atoms with Gasteiger partial charge in [0.1, 0.15) is 5.69 Å². The summed E-state index contributed by atoms with van der Waals surface area (Å²) in [5.74, 6) is 0. The molecule has 2 amide bonds. The Labute approximate surface area is 152 Å². The summed E-state index contributed by atoms with van der Waals surface area (Å²) in [6.45, 7) is 5.68. The highest BCUT2D eigenvalue weighted by Gasteiger charge is 2.18. The first kappa shape index (κ1) is 17.5. The van der Waals surface area contributed by atoms with Crippen LogP contribution in [0.5, 0.6) is 0 Å². The SMILES string of the molecule is Cc1ccc(C)c(NC(=O)Nc2c(C)n(C)n(-c3ccccc3)c2=O)c1. The first-order valence-corrected chi connectivity index (χ1v) is 8.37. The van der Waals surface area contributed by atoms with Crippen LogP contribution in [0.3, 0.4) is 0 Å². The molecule has 0 saturated heterocycles. The Balaban J connectivity index is 1.90. The standard InChI is InChI=1S/C20H22N4O2/c1-13-10-11-14(2)17(12-13)21-20(26)22-18-15(3)23(4)24(19(18)25)16-8-6-5-7-9-16/h5-12H,1-4H3,(H2,21,22,26). The molecular formula is C20H22N4O2. The Morgan fingerprint density at radius 1 is 0.962 bits per heavy atom. The minimum atomic E-state index is -0.440. The van der Waals surface area contributed by atoms with Crippen molar-refractivity contribution in [3.05, 3.63) is 75.7 Å². The Hall–Kier alpha value is -3.28. The third-order valence-electron chi connectivity index (χ3n) is 4.43. The molecule has 2 N–H and O–H groups in total. The molecule has 0 bridgehead atoms. The Kier molecular flexibility index (Phi) is 4.67. The van der Waals surface area contributed by atoms with Crippen molar-refractivity contribution in [2.45, 2.75) is 20.8 Å². The van der Waals surface area contributed by atoms with E-state index in [-0.39, 0.29) is 11.2 Å². The molecule has 0 aliphatic rings. The number of nitrogens with zero attached hydrogens (tertiary/aromatic N) is 2. The molecule has 0 fully saturated rings. The number of para-hydroxylation sites is 1. The highest BCUT2D eigenvalue weighted by molar-refractivity contribution is 6.00. The van der Waals surface area contributed by atoms with E-state index in [1.807, 2.05) is 62.4 Å². The van der Waals surface area contributed by atoms with Gasteiger partial charge in [-0.15, -0.1) is 0 Å². The number of benzene rings is 2. The molecular weight excluding hydrogens is 328 g/mol. The van der Waals surface area contributed by atoms with Gasteiger partial charge in [-0.05, 0) is 50.1 Å². The van der Waals surface area contributed by atoms with Crippen LogP contribution in [-0.2, 0) is 7.05 Å². The lowest BCUT2D eigenvalue weighted by atomic mass is 10.1. The van der Waals surface area contributed by atoms with Crippen molar-refractivity contribution in [3.63, 3.8) is 0 Å². The van der Waals surface area contributed by atoms with E-state index in [4.69, 9.17) is 0 Å². The van der Waals surface area contributed by atoms with E-state index in [0.29, 0.717) is 5.69 Å². The van der Waals surface area contributed by atoms with Gasteiger partial charge in [0.25, 0.3) is 5.56 Å². The maximum atomic E-state index is 12.8. The van der Waals surface area contributed by atoms with Gasteiger partial charge < -0.3 is 10.6 Å². The van der Waals surface area contributed by atoms with Crippen molar-refractivity contribution in [1.29, 1.82) is 0 Å². The lowest BCUT2D eigenvalue weighted by Crippen LogP contribution is -2.25. The first-order valence-electron chi connectivity index (χ1n) is 8.37. The quantitative estimate of drug-likeness (QED) is 0.755. The molecule has 0 saturated carbocycles. The lowest BCUT2D eigenvalue weighted by molar-refractivity contribution is 0.262. The maximum Gasteiger partial charge on any atom is 0.323 e. The Morgan fingerprint density at radius 3 is 2.35 bits per heavy atom. The molecule has 6 heteroatoms. The molecule has 6 nitrogen and oxygen atoms in total. The largest absolute Gasteiger partial charge is 0.323 e. The highest BCUT2D eigenvalue weighted by Crippen LogP contribution is 2.18. The average molecular weight is 350 g/mol. The van der Waals surface area contributed by atoms with Crippen LogP contribution in [0.15, 0.2) is 53.3 Å². The van der Waals surface area contributed by atoms with Crippen LogP contribution in [0.25, 0.3) is 5.69 Å². The zero-order valence-electron chi connectivity index (χ0n) is 15.3. The summed E-state index contributed by atoms with van der Waals surface area (Å²) in [4.78, 5) is 25.2. The van der Waals surface area contributed by atoms with E-state index >= 15 is 0 Å². The number of carbonyl (C=O) groups is 1. The number of rotatable bonds is 3. The summed E-state index contributed by atoms with van der Waals surface area (Å²) < 4.78 is 3.26. The topological polar surface area (TPSA) is 68.1 Å². The smallest absolute Gasteiger partial charge is 0.307 e.